The summed E-state index contributed by atoms with van der Waals surface area (Å²) in [7, 11) is 2.14. The zero-order chi connectivity index (χ0) is 14.4. The van der Waals surface area contributed by atoms with Gasteiger partial charge in [-0.15, -0.1) is 0 Å². The normalized spacial score (nSPS) is 14.6. The fourth-order valence-electron chi connectivity index (χ4n) is 2.24. The molecule has 1 aliphatic rings. The molecule has 112 valence electrons. The molecule has 0 radical (unpaired) electrons. The van der Waals surface area contributed by atoms with E-state index < -0.39 is 0 Å². The van der Waals surface area contributed by atoms with Gasteiger partial charge in [-0.25, -0.2) is 0 Å². The van der Waals surface area contributed by atoms with Crippen molar-refractivity contribution < 1.29 is 4.74 Å². The molecule has 0 aromatic heterocycles. The van der Waals surface area contributed by atoms with Gasteiger partial charge in [0.25, 0.3) is 0 Å². The van der Waals surface area contributed by atoms with Crippen LogP contribution in [0.1, 0.15) is 30.9 Å². The summed E-state index contributed by atoms with van der Waals surface area (Å²) >= 11 is 0. The predicted octanol–water partition coefficient (Wildman–Crippen LogP) is 2.97. The van der Waals surface area contributed by atoms with Crippen molar-refractivity contribution in [2.45, 2.75) is 33.2 Å². The van der Waals surface area contributed by atoms with Gasteiger partial charge in [-0.1, -0.05) is 13.0 Å². The Morgan fingerprint density at radius 3 is 2.80 bits per heavy atom. The first kappa shape index (κ1) is 15.3. The van der Waals surface area contributed by atoms with Crippen molar-refractivity contribution in [1.29, 1.82) is 0 Å². The van der Waals surface area contributed by atoms with E-state index in [9.17, 15) is 0 Å². The minimum atomic E-state index is 0.825. The number of hydrogen-bond acceptors (Lipinski definition) is 3. The summed E-state index contributed by atoms with van der Waals surface area (Å²) in [5.74, 6) is 0.855. The molecule has 0 atom stereocenters. The van der Waals surface area contributed by atoms with Crippen LogP contribution in [0.3, 0.4) is 0 Å². The Kier molecular flexibility index (Phi) is 5.86. The van der Waals surface area contributed by atoms with Crippen LogP contribution in [-0.4, -0.2) is 33.4 Å². The van der Waals surface area contributed by atoms with Crippen molar-refractivity contribution >= 4 is 5.69 Å². The third kappa shape index (κ3) is 4.80. The maximum atomic E-state index is 5.71. The zero-order valence-electron chi connectivity index (χ0n) is 13.1. The van der Waals surface area contributed by atoms with E-state index in [1.807, 2.05) is 0 Å². The van der Waals surface area contributed by atoms with Crippen molar-refractivity contribution in [1.82, 2.24) is 5.32 Å². The van der Waals surface area contributed by atoms with Crippen LogP contribution in [0.5, 0.6) is 0 Å². The molecule has 1 aliphatic carbocycles. The molecule has 2 rings (SSSR count). The van der Waals surface area contributed by atoms with Gasteiger partial charge >= 0.3 is 0 Å². The highest BCUT2D eigenvalue weighted by Gasteiger charge is 2.20. The molecule has 0 spiro atoms. The van der Waals surface area contributed by atoms with E-state index in [4.69, 9.17) is 4.74 Å². The monoisotopic (exact) mass is 276 g/mol. The maximum absolute atomic E-state index is 5.71. The summed E-state index contributed by atoms with van der Waals surface area (Å²) in [6, 6.07) is 6.71. The molecular weight excluding hydrogens is 248 g/mol. The van der Waals surface area contributed by atoms with Gasteiger partial charge < -0.3 is 15.0 Å². The van der Waals surface area contributed by atoms with Crippen LogP contribution in [0.25, 0.3) is 0 Å². The number of anilines is 1. The molecule has 0 amide bonds. The van der Waals surface area contributed by atoms with E-state index >= 15 is 0 Å². The van der Waals surface area contributed by atoms with E-state index in [1.54, 1.807) is 0 Å². The third-order valence-electron chi connectivity index (χ3n) is 3.95. The fourth-order valence-corrected chi connectivity index (χ4v) is 2.24. The van der Waals surface area contributed by atoms with Gasteiger partial charge in [0.1, 0.15) is 0 Å². The average molecular weight is 276 g/mol. The third-order valence-corrected chi connectivity index (χ3v) is 3.95. The van der Waals surface area contributed by atoms with Gasteiger partial charge in [0.15, 0.2) is 0 Å². The molecule has 0 aliphatic heterocycles. The number of aryl methyl sites for hydroxylation is 1. The highest BCUT2D eigenvalue weighted by atomic mass is 16.5. The minimum Gasteiger partial charge on any atom is -0.379 e. The number of benzene rings is 1. The Morgan fingerprint density at radius 1 is 1.35 bits per heavy atom. The summed E-state index contributed by atoms with van der Waals surface area (Å²) < 4.78 is 5.71. The van der Waals surface area contributed by atoms with Gasteiger partial charge in [-0.3, -0.25) is 0 Å². The molecule has 0 heterocycles. The van der Waals surface area contributed by atoms with E-state index in [-0.39, 0.29) is 0 Å². The number of nitrogens with one attached hydrogen (secondary N) is 1. The average Bonchev–Trinajstić information content (AvgIpc) is 3.26. The van der Waals surface area contributed by atoms with Crippen LogP contribution < -0.4 is 10.2 Å². The van der Waals surface area contributed by atoms with Crippen LogP contribution >= 0.6 is 0 Å². The molecular formula is C17H28N2O. The highest BCUT2D eigenvalue weighted by molar-refractivity contribution is 5.50. The van der Waals surface area contributed by atoms with Crippen molar-refractivity contribution in [3.63, 3.8) is 0 Å². The summed E-state index contributed by atoms with van der Waals surface area (Å²) in [5.41, 5.74) is 4.01. The number of likely N-dealkylation sites (N-methyl/N-ethyl adjacent to an activating group) is 1. The van der Waals surface area contributed by atoms with Crippen LogP contribution in [0.15, 0.2) is 18.2 Å². The first-order valence-electron chi connectivity index (χ1n) is 7.79. The van der Waals surface area contributed by atoms with Gasteiger partial charge in [0.05, 0.1) is 6.61 Å². The molecule has 0 unspecified atom stereocenters. The Hall–Kier alpha value is -1.06. The van der Waals surface area contributed by atoms with Crippen LogP contribution in [0.4, 0.5) is 5.69 Å². The van der Waals surface area contributed by atoms with Crippen LogP contribution in [0, 0.1) is 12.8 Å². The molecule has 1 aromatic rings. The van der Waals surface area contributed by atoms with Crippen LogP contribution in [0.2, 0.25) is 0 Å². The second-order valence-electron chi connectivity index (χ2n) is 5.83. The smallest absolute Gasteiger partial charge is 0.0641 e. The lowest BCUT2D eigenvalue weighted by Crippen LogP contribution is -2.23. The fraction of sp³-hybridized carbons (Fsp3) is 0.647. The standard InChI is InChI=1S/C17H28N2O/c1-4-18-12-16-7-8-17(11-14(16)2)19(3)9-10-20-13-15-5-6-15/h7-8,11,15,18H,4-6,9-10,12-13H2,1-3H3. The minimum absolute atomic E-state index is 0.825. The SMILES string of the molecule is CCNCc1ccc(N(C)CCOCC2CC2)cc1C. The number of hydrogen-bond donors (Lipinski definition) is 1. The molecule has 1 N–H and O–H groups in total. The van der Waals surface area contributed by atoms with Crippen LogP contribution in [-0.2, 0) is 11.3 Å². The van der Waals surface area contributed by atoms with Crippen molar-refractivity contribution in [3.05, 3.63) is 29.3 Å². The second kappa shape index (κ2) is 7.65. The van der Waals surface area contributed by atoms with E-state index in [0.29, 0.717) is 0 Å². The van der Waals surface area contributed by atoms with E-state index in [1.165, 1.54) is 29.7 Å². The molecule has 3 nitrogen and oxygen atoms in total. The molecule has 1 aromatic carbocycles. The molecule has 1 fully saturated rings. The lowest BCUT2D eigenvalue weighted by Gasteiger charge is -2.20. The Morgan fingerprint density at radius 2 is 2.15 bits per heavy atom. The molecule has 1 saturated carbocycles. The lowest BCUT2D eigenvalue weighted by atomic mass is 10.1. The summed E-state index contributed by atoms with van der Waals surface area (Å²) in [6.07, 6.45) is 2.73. The Bertz CT molecular complexity index is 415. The van der Waals surface area contributed by atoms with Gasteiger partial charge in [-0.05, 0) is 55.5 Å². The van der Waals surface area contributed by atoms with Gasteiger partial charge in [-0.2, -0.15) is 0 Å². The summed E-state index contributed by atoms with van der Waals surface area (Å²) in [5, 5.41) is 3.38. The zero-order valence-corrected chi connectivity index (χ0v) is 13.1. The largest absolute Gasteiger partial charge is 0.379 e. The van der Waals surface area contributed by atoms with Crippen molar-refractivity contribution in [2.75, 3.05) is 38.3 Å². The summed E-state index contributed by atoms with van der Waals surface area (Å²) in [6.45, 7) is 9.03. The second-order valence-corrected chi connectivity index (χ2v) is 5.83. The molecule has 0 saturated heterocycles. The topological polar surface area (TPSA) is 24.5 Å². The van der Waals surface area contributed by atoms with Crippen molar-refractivity contribution in [3.8, 4) is 0 Å². The van der Waals surface area contributed by atoms with Gasteiger partial charge in [0.2, 0.25) is 0 Å². The number of rotatable bonds is 9. The first-order chi connectivity index (χ1) is 9.70. The van der Waals surface area contributed by atoms with Gasteiger partial charge in [0, 0.05) is 32.4 Å². The predicted molar refractivity (Wildman–Crippen MR) is 85.4 cm³/mol. The summed E-state index contributed by atoms with van der Waals surface area (Å²) in [4.78, 5) is 2.27. The van der Waals surface area contributed by atoms with E-state index in [0.717, 1.165) is 38.8 Å². The lowest BCUT2D eigenvalue weighted by molar-refractivity contribution is 0.131. The number of ether oxygens (including phenoxy) is 1. The molecule has 20 heavy (non-hydrogen) atoms. The Labute approximate surface area is 123 Å². The highest BCUT2D eigenvalue weighted by Crippen LogP contribution is 2.28. The quantitative estimate of drug-likeness (QED) is 0.702. The van der Waals surface area contributed by atoms with E-state index in [2.05, 4.69) is 49.3 Å². The molecule has 3 heteroatoms. The molecule has 0 bridgehead atoms. The number of nitrogens with zero attached hydrogens (tertiary/aromatic N) is 1. The Balaban J connectivity index is 1.78. The first-order valence-corrected chi connectivity index (χ1v) is 7.79. The van der Waals surface area contributed by atoms with Crippen molar-refractivity contribution in [2.24, 2.45) is 5.92 Å². The maximum Gasteiger partial charge on any atom is 0.0641 e.